The highest BCUT2D eigenvalue weighted by atomic mass is 16.5. The van der Waals surface area contributed by atoms with Crippen molar-refractivity contribution in [2.45, 2.75) is 32.9 Å². The number of fused-ring (bicyclic) bond motifs is 2. The molecule has 0 bridgehead atoms. The van der Waals surface area contributed by atoms with Crippen molar-refractivity contribution in [3.63, 3.8) is 0 Å². The highest BCUT2D eigenvalue weighted by molar-refractivity contribution is 5.89. The van der Waals surface area contributed by atoms with Crippen molar-refractivity contribution in [3.8, 4) is 11.6 Å². The molecule has 1 N–H and O–H groups in total. The Balaban J connectivity index is 0.00000182. The zero-order chi connectivity index (χ0) is 16.7. The fourth-order valence-electron chi connectivity index (χ4n) is 3.20. The van der Waals surface area contributed by atoms with Crippen LogP contribution in [0.2, 0.25) is 0 Å². The molecule has 0 saturated carbocycles. The van der Waals surface area contributed by atoms with Crippen LogP contribution in [0.25, 0.3) is 10.9 Å². The van der Waals surface area contributed by atoms with E-state index in [1.165, 1.54) is 0 Å². The number of rotatable bonds is 3. The molecule has 1 aliphatic rings. The Kier molecular flexibility index (Phi) is 3.54. The first-order valence-corrected chi connectivity index (χ1v) is 7.97. The maximum Gasteiger partial charge on any atom is 0.225 e. The molecule has 124 valence electrons. The van der Waals surface area contributed by atoms with Gasteiger partial charge in [-0.3, -0.25) is 9.36 Å². The summed E-state index contributed by atoms with van der Waals surface area (Å²) in [5.41, 5.74) is 3.91. The molecule has 24 heavy (non-hydrogen) atoms. The van der Waals surface area contributed by atoms with Gasteiger partial charge in [0, 0.05) is 36.7 Å². The minimum atomic E-state index is 0. The van der Waals surface area contributed by atoms with Gasteiger partial charge in [0.25, 0.3) is 0 Å². The lowest BCUT2D eigenvalue weighted by Gasteiger charge is -2.23. The Bertz CT molecular complexity index is 938. The van der Waals surface area contributed by atoms with Crippen LogP contribution in [0.4, 0.5) is 0 Å². The molecule has 1 atom stereocenters. The maximum atomic E-state index is 11.1. The number of carbonyl (C=O) groups is 1. The van der Waals surface area contributed by atoms with Gasteiger partial charge in [-0.25, -0.2) is 9.97 Å². The molecular weight excluding hydrogens is 304 g/mol. The minimum Gasteiger partial charge on any atom is -0.438 e. The smallest absolute Gasteiger partial charge is 0.225 e. The first-order chi connectivity index (χ1) is 11.7. The molecule has 3 heterocycles. The van der Waals surface area contributed by atoms with Crippen molar-refractivity contribution in [1.29, 1.82) is 0 Å². The molecular formula is C18H20N4O2. The number of ether oxygens (including phenoxy) is 1. The van der Waals surface area contributed by atoms with Crippen LogP contribution < -0.4 is 10.1 Å². The summed E-state index contributed by atoms with van der Waals surface area (Å²) in [7, 11) is 0. The monoisotopic (exact) mass is 324 g/mol. The second kappa shape index (κ2) is 5.72. The first-order valence-electron chi connectivity index (χ1n) is 7.97. The fourth-order valence-corrected chi connectivity index (χ4v) is 3.20. The number of carbonyl (C=O) groups excluding carboxylic acids is 1. The number of hydrogen-bond donors (Lipinski definition) is 1. The van der Waals surface area contributed by atoms with E-state index in [2.05, 4.69) is 22.2 Å². The van der Waals surface area contributed by atoms with Crippen LogP contribution in [0.3, 0.4) is 0 Å². The lowest BCUT2D eigenvalue weighted by atomic mass is 10.0. The average Bonchev–Trinajstić information content (AvgIpc) is 3.01. The quantitative estimate of drug-likeness (QED) is 0.750. The lowest BCUT2D eigenvalue weighted by Crippen LogP contribution is -2.33. The number of nitrogens with zero attached hydrogens (tertiary/aromatic N) is 3. The van der Waals surface area contributed by atoms with Gasteiger partial charge in [-0.1, -0.05) is 0 Å². The SMILES string of the molecule is Cc1c(Oc2ncnc3c2C[C@H](C)NC3)ccc2c1ccn2C=O.[HH]. The van der Waals surface area contributed by atoms with Crippen molar-refractivity contribution in [3.05, 3.63) is 47.5 Å². The third-order valence-electron chi connectivity index (χ3n) is 4.57. The number of aromatic nitrogens is 3. The van der Waals surface area contributed by atoms with Crippen LogP contribution in [0.15, 0.2) is 30.7 Å². The summed E-state index contributed by atoms with van der Waals surface area (Å²) < 4.78 is 7.69. The maximum absolute atomic E-state index is 11.1. The molecule has 0 aliphatic carbocycles. The van der Waals surface area contributed by atoms with E-state index in [9.17, 15) is 4.79 Å². The lowest BCUT2D eigenvalue weighted by molar-refractivity contribution is 0.428. The molecule has 6 nitrogen and oxygen atoms in total. The average molecular weight is 324 g/mol. The summed E-state index contributed by atoms with van der Waals surface area (Å²) in [6.07, 6.45) is 4.95. The summed E-state index contributed by atoms with van der Waals surface area (Å²) in [5, 5.41) is 4.39. The molecule has 3 aromatic rings. The highest BCUT2D eigenvalue weighted by Gasteiger charge is 2.21. The number of benzene rings is 1. The summed E-state index contributed by atoms with van der Waals surface area (Å²) >= 11 is 0. The van der Waals surface area contributed by atoms with E-state index >= 15 is 0 Å². The Morgan fingerprint density at radius 2 is 2.25 bits per heavy atom. The third-order valence-corrected chi connectivity index (χ3v) is 4.57. The topological polar surface area (TPSA) is 69.0 Å². The molecule has 1 aromatic carbocycles. The van der Waals surface area contributed by atoms with E-state index in [0.717, 1.165) is 52.8 Å². The molecule has 1 aliphatic heterocycles. The Hall–Kier alpha value is -2.73. The van der Waals surface area contributed by atoms with Crippen LogP contribution in [-0.2, 0) is 17.8 Å². The highest BCUT2D eigenvalue weighted by Crippen LogP contribution is 2.33. The van der Waals surface area contributed by atoms with Gasteiger partial charge < -0.3 is 10.1 Å². The molecule has 0 unspecified atom stereocenters. The third kappa shape index (κ3) is 2.35. The summed E-state index contributed by atoms with van der Waals surface area (Å²) in [6, 6.07) is 6.07. The van der Waals surface area contributed by atoms with Crippen LogP contribution in [0.5, 0.6) is 11.6 Å². The van der Waals surface area contributed by atoms with E-state index < -0.39 is 0 Å². The molecule has 0 amide bonds. The summed E-state index contributed by atoms with van der Waals surface area (Å²) in [5.74, 6) is 1.36. The van der Waals surface area contributed by atoms with Crippen LogP contribution in [0.1, 0.15) is 25.2 Å². The molecule has 0 saturated heterocycles. The van der Waals surface area contributed by atoms with Crippen LogP contribution in [0, 0.1) is 6.92 Å². The summed E-state index contributed by atoms with van der Waals surface area (Å²) in [4.78, 5) is 19.8. The van der Waals surface area contributed by atoms with Crippen LogP contribution >= 0.6 is 0 Å². The Morgan fingerprint density at radius 1 is 1.38 bits per heavy atom. The van der Waals surface area contributed by atoms with Crippen molar-refractivity contribution in [2.24, 2.45) is 0 Å². The van der Waals surface area contributed by atoms with Gasteiger partial charge in [-0.15, -0.1) is 0 Å². The molecule has 2 aromatic heterocycles. The molecule has 0 radical (unpaired) electrons. The fraction of sp³-hybridized carbons (Fsp3) is 0.278. The van der Waals surface area contributed by atoms with E-state index in [4.69, 9.17) is 4.74 Å². The standard InChI is InChI=1S/C18H18N4O2.H2/c1-11-7-14-15(8-19-11)20-9-21-18(14)24-17-4-3-16-13(12(17)2)5-6-22(16)10-23;/h3-6,9-11,19H,7-8H2,1-2H3;1H/t11-;/m0./s1. The number of aryl methyl sites for hydroxylation is 1. The van der Waals surface area contributed by atoms with E-state index in [-0.39, 0.29) is 1.43 Å². The number of nitrogens with one attached hydrogen (secondary N) is 1. The number of hydrogen-bond acceptors (Lipinski definition) is 5. The zero-order valence-corrected chi connectivity index (χ0v) is 13.6. The predicted octanol–water partition coefficient (Wildman–Crippen LogP) is 2.85. The largest absolute Gasteiger partial charge is 0.438 e. The summed E-state index contributed by atoms with van der Waals surface area (Å²) in [6.45, 7) is 4.86. The van der Waals surface area contributed by atoms with E-state index in [0.29, 0.717) is 11.9 Å². The van der Waals surface area contributed by atoms with Crippen molar-refractivity contribution >= 4 is 17.3 Å². The van der Waals surface area contributed by atoms with Crippen LogP contribution in [-0.4, -0.2) is 27.0 Å². The second-order valence-electron chi connectivity index (χ2n) is 6.14. The molecule has 6 heteroatoms. The first kappa shape index (κ1) is 14.8. The van der Waals surface area contributed by atoms with Crippen molar-refractivity contribution < 1.29 is 11.0 Å². The van der Waals surface area contributed by atoms with Crippen molar-refractivity contribution in [2.75, 3.05) is 0 Å². The van der Waals surface area contributed by atoms with Gasteiger partial charge in [0.05, 0.1) is 11.2 Å². The minimum absolute atomic E-state index is 0. The predicted molar refractivity (Wildman–Crippen MR) is 93.0 cm³/mol. The normalized spacial score (nSPS) is 16.8. The van der Waals surface area contributed by atoms with Gasteiger partial charge >= 0.3 is 0 Å². The van der Waals surface area contributed by atoms with Gasteiger partial charge in [-0.2, -0.15) is 0 Å². The van der Waals surface area contributed by atoms with E-state index in [1.54, 1.807) is 17.1 Å². The second-order valence-corrected chi connectivity index (χ2v) is 6.14. The van der Waals surface area contributed by atoms with Gasteiger partial charge in [0.15, 0.2) is 0 Å². The van der Waals surface area contributed by atoms with E-state index in [1.807, 2.05) is 25.1 Å². The zero-order valence-electron chi connectivity index (χ0n) is 13.6. The molecule has 0 spiro atoms. The van der Waals surface area contributed by atoms with Gasteiger partial charge in [0.1, 0.15) is 12.1 Å². The Labute approximate surface area is 141 Å². The molecule has 0 fully saturated rings. The molecule has 4 rings (SSSR count). The van der Waals surface area contributed by atoms with Gasteiger partial charge in [-0.05, 0) is 38.5 Å². The Morgan fingerprint density at radius 3 is 3.08 bits per heavy atom. The van der Waals surface area contributed by atoms with Gasteiger partial charge in [0.2, 0.25) is 12.3 Å². The van der Waals surface area contributed by atoms with Crippen molar-refractivity contribution in [1.82, 2.24) is 19.9 Å².